The summed E-state index contributed by atoms with van der Waals surface area (Å²) in [4.78, 5) is 28.1. The minimum absolute atomic E-state index is 0.0200. The van der Waals surface area contributed by atoms with Crippen molar-refractivity contribution in [1.82, 2.24) is 4.90 Å². The van der Waals surface area contributed by atoms with Crippen molar-refractivity contribution >= 4 is 45.3 Å². The summed E-state index contributed by atoms with van der Waals surface area (Å²) in [7, 11) is 0. The molecule has 0 N–H and O–H groups in total. The fourth-order valence-electron chi connectivity index (χ4n) is 3.05. The maximum atomic E-state index is 13.0. The summed E-state index contributed by atoms with van der Waals surface area (Å²) < 4.78 is 0. The van der Waals surface area contributed by atoms with Crippen LogP contribution in [0.5, 0.6) is 0 Å². The Kier molecular flexibility index (Phi) is 4.92. The number of carbonyl (C=O) groups is 2. The highest BCUT2D eigenvalue weighted by Gasteiger charge is 2.46. The first kappa shape index (κ1) is 17.4. The summed E-state index contributed by atoms with van der Waals surface area (Å²) in [5.41, 5.74) is 0.654. The molecule has 2 aliphatic heterocycles. The average Bonchev–Trinajstić information content (AvgIpc) is 2.85. The van der Waals surface area contributed by atoms with Gasteiger partial charge in [0.2, 0.25) is 5.12 Å². The van der Waals surface area contributed by atoms with Gasteiger partial charge in [0.15, 0.2) is 0 Å². The smallest absolute Gasteiger partial charge is 0.256 e. The van der Waals surface area contributed by atoms with Crippen LogP contribution in [0.2, 0.25) is 0 Å². The van der Waals surface area contributed by atoms with Crippen molar-refractivity contribution in [2.24, 2.45) is 0 Å². The predicted molar refractivity (Wildman–Crippen MR) is 103 cm³/mol. The second kappa shape index (κ2) is 6.81. The third kappa shape index (κ3) is 2.74. The molecule has 24 heavy (non-hydrogen) atoms. The first-order valence-electron chi connectivity index (χ1n) is 8.29. The van der Waals surface area contributed by atoms with Gasteiger partial charge in [-0.25, -0.2) is 0 Å². The normalized spacial score (nSPS) is 25.7. The largest absolute Gasteiger partial charge is 0.315 e. The van der Waals surface area contributed by atoms with Gasteiger partial charge in [-0.15, -0.1) is 11.8 Å². The molecule has 2 aromatic rings. The molecule has 4 rings (SSSR count). The molecule has 5 heteroatoms. The fraction of sp³-hybridized carbons (Fsp3) is 0.368. The Labute approximate surface area is 151 Å². The highest BCUT2D eigenvalue weighted by molar-refractivity contribution is 8.16. The number of hydrogen-bond acceptors (Lipinski definition) is 4. The minimum atomic E-state index is -0.363. The molecule has 3 atom stereocenters. The van der Waals surface area contributed by atoms with Crippen LogP contribution in [0.25, 0.3) is 10.8 Å². The van der Waals surface area contributed by atoms with Gasteiger partial charge in [-0.05, 0) is 41.6 Å². The molecular weight excluding hydrogens is 338 g/mol. The van der Waals surface area contributed by atoms with E-state index < -0.39 is 0 Å². The van der Waals surface area contributed by atoms with Gasteiger partial charge in [0.25, 0.3) is 5.91 Å². The molecule has 0 aliphatic carbocycles. The van der Waals surface area contributed by atoms with Crippen LogP contribution in [0.1, 0.15) is 38.1 Å². The Bertz CT molecular complexity index is 805. The van der Waals surface area contributed by atoms with Crippen LogP contribution in [0.4, 0.5) is 0 Å². The van der Waals surface area contributed by atoms with Gasteiger partial charge in [-0.3, -0.25) is 9.59 Å². The third-order valence-corrected chi connectivity index (χ3v) is 7.09. The minimum Gasteiger partial charge on any atom is -0.315 e. The van der Waals surface area contributed by atoms with Crippen LogP contribution in [0.3, 0.4) is 0 Å². The molecule has 3 unspecified atom stereocenters. The van der Waals surface area contributed by atoms with Crippen molar-refractivity contribution in [2.75, 3.05) is 0 Å². The quantitative estimate of drug-likeness (QED) is 0.678. The fourth-order valence-corrected chi connectivity index (χ4v) is 5.53. The molecule has 0 spiro atoms. The topological polar surface area (TPSA) is 37.4 Å². The van der Waals surface area contributed by atoms with Gasteiger partial charge in [0.1, 0.15) is 5.37 Å². The highest BCUT2D eigenvalue weighted by Crippen LogP contribution is 2.44. The van der Waals surface area contributed by atoms with Gasteiger partial charge in [-0.1, -0.05) is 45.0 Å². The van der Waals surface area contributed by atoms with E-state index >= 15 is 0 Å². The zero-order valence-electron chi connectivity index (χ0n) is 14.3. The lowest BCUT2D eigenvalue weighted by Crippen LogP contribution is -2.42. The molecule has 0 bridgehead atoms. The highest BCUT2D eigenvalue weighted by atomic mass is 32.2. The number of fused-ring (bicyclic) bond motifs is 3. The van der Waals surface area contributed by atoms with Crippen molar-refractivity contribution < 1.29 is 9.59 Å². The van der Waals surface area contributed by atoms with Gasteiger partial charge < -0.3 is 4.90 Å². The molecule has 1 fully saturated rings. The van der Waals surface area contributed by atoms with E-state index in [0.29, 0.717) is 5.56 Å². The molecular formula is C19H21NO2S2. The second-order valence-corrected chi connectivity index (χ2v) is 8.27. The summed E-state index contributed by atoms with van der Waals surface area (Å²) >= 11 is 2.80. The van der Waals surface area contributed by atoms with Gasteiger partial charge in [-0.2, -0.15) is 0 Å². The zero-order valence-corrected chi connectivity index (χ0v) is 15.9. The molecule has 2 heterocycles. The number of amides is 1. The molecule has 3 nitrogen and oxygen atoms in total. The van der Waals surface area contributed by atoms with E-state index in [9.17, 15) is 9.59 Å². The standard InChI is InChI=1S/C17H15NO2S2.C2H6/c1-9-10(2)21-16-17(20)22-14-8-12-6-4-3-5-11(12)7-13(14)15(19)18(9)16;1-2/h3-10,16H,1-2H3;1-2H3. The molecule has 126 valence electrons. The van der Waals surface area contributed by atoms with E-state index in [1.165, 1.54) is 11.8 Å². The van der Waals surface area contributed by atoms with E-state index in [1.807, 2.05) is 57.2 Å². The van der Waals surface area contributed by atoms with Gasteiger partial charge in [0, 0.05) is 16.2 Å². The SMILES string of the molecule is CC.CC1SC2C(=O)Sc3cc4ccccc4cc3C(=O)N2C1C. The monoisotopic (exact) mass is 359 g/mol. The molecule has 1 amide bonds. The van der Waals surface area contributed by atoms with Crippen molar-refractivity contribution in [3.05, 3.63) is 42.0 Å². The van der Waals surface area contributed by atoms with Gasteiger partial charge in [0.05, 0.1) is 5.56 Å². The van der Waals surface area contributed by atoms with Crippen molar-refractivity contribution in [3.63, 3.8) is 0 Å². The van der Waals surface area contributed by atoms with Crippen LogP contribution >= 0.6 is 23.5 Å². The lowest BCUT2D eigenvalue weighted by molar-refractivity contribution is -0.112. The van der Waals surface area contributed by atoms with Crippen LogP contribution in [-0.4, -0.2) is 32.6 Å². The second-order valence-electron chi connectivity index (χ2n) is 5.76. The Balaban J connectivity index is 0.000000815. The van der Waals surface area contributed by atoms with Crippen LogP contribution < -0.4 is 0 Å². The zero-order chi connectivity index (χ0) is 17.4. The summed E-state index contributed by atoms with van der Waals surface area (Å²) in [6.07, 6.45) is 0. The van der Waals surface area contributed by atoms with E-state index in [4.69, 9.17) is 0 Å². The van der Waals surface area contributed by atoms with E-state index in [1.54, 1.807) is 16.7 Å². The Morgan fingerprint density at radius 2 is 1.62 bits per heavy atom. The Morgan fingerprint density at radius 3 is 2.29 bits per heavy atom. The number of nitrogens with zero attached hydrogens (tertiary/aromatic N) is 1. The first-order valence-corrected chi connectivity index (χ1v) is 10.0. The van der Waals surface area contributed by atoms with E-state index in [0.717, 1.165) is 15.7 Å². The van der Waals surface area contributed by atoms with Gasteiger partial charge >= 0.3 is 0 Å². The number of benzene rings is 2. The summed E-state index contributed by atoms with van der Waals surface area (Å²) in [6, 6.07) is 11.9. The summed E-state index contributed by atoms with van der Waals surface area (Å²) in [5.74, 6) is -0.0200. The summed E-state index contributed by atoms with van der Waals surface area (Å²) in [5, 5.41) is 2.07. The first-order chi connectivity index (χ1) is 11.6. The molecule has 2 aliphatic rings. The van der Waals surface area contributed by atoms with Crippen LogP contribution in [0, 0.1) is 0 Å². The number of carbonyl (C=O) groups excluding carboxylic acids is 2. The van der Waals surface area contributed by atoms with Crippen LogP contribution in [0.15, 0.2) is 41.3 Å². The average molecular weight is 360 g/mol. The maximum Gasteiger partial charge on any atom is 0.256 e. The Hall–Kier alpha value is -1.46. The third-order valence-electron chi connectivity index (χ3n) is 4.44. The number of hydrogen-bond donors (Lipinski definition) is 0. The predicted octanol–water partition coefficient (Wildman–Crippen LogP) is 4.79. The van der Waals surface area contributed by atoms with Crippen molar-refractivity contribution in [2.45, 2.75) is 49.3 Å². The van der Waals surface area contributed by atoms with Crippen molar-refractivity contribution in [3.8, 4) is 0 Å². The molecule has 2 aromatic carbocycles. The number of rotatable bonds is 0. The van der Waals surface area contributed by atoms with Crippen molar-refractivity contribution in [1.29, 1.82) is 0 Å². The summed E-state index contributed by atoms with van der Waals surface area (Å²) in [6.45, 7) is 8.11. The number of thioether (sulfide) groups is 2. The lowest BCUT2D eigenvalue weighted by Gasteiger charge is -2.25. The molecule has 0 aromatic heterocycles. The lowest BCUT2D eigenvalue weighted by atomic mass is 10.1. The maximum absolute atomic E-state index is 13.0. The molecule has 0 radical (unpaired) electrons. The van der Waals surface area contributed by atoms with Crippen LogP contribution in [-0.2, 0) is 4.79 Å². The van der Waals surface area contributed by atoms with E-state index in [-0.39, 0.29) is 27.7 Å². The molecule has 0 saturated carbocycles. The Morgan fingerprint density at radius 1 is 1.00 bits per heavy atom. The molecule has 1 saturated heterocycles. The van der Waals surface area contributed by atoms with E-state index in [2.05, 4.69) is 6.92 Å².